The predicted molar refractivity (Wildman–Crippen MR) is 108 cm³/mol. The van der Waals surface area contributed by atoms with Gasteiger partial charge in [0.2, 0.25) is 0 Å². The smallest absolute Gasteiger partial charge is 0.126 e. The minimum Gasteiger partial charge on any atom is -0.508 e. The molecule has 0 fully saturated rings. The highest BCUT2D eigenvalue weighted by molar-refractivity contribution is 5.39. The normalized spacial score (nSPS) is 8.42. The molecule has 0 aliphatic rings. The third-order valence-corrected chi connectivity index (χ3v) is 2.84. The lowest BCUT2D eigenvalue weighted by Crippen LogP contribution is -1.92. The summed E-state index contributed by atoms with van der Waals surface area (Å²) in [6, 6.07) is 11.9. The average molecular weight is 369 g/mol. The van der Waals surface area contributed by atoms with Gasteiger partial charge in [-0.15, -0.1) is 0 Å². The number of rotatable bonds is 4. The molecule has 0 saturated carbocycles. The largest absolute Gasteiger partial charge is 0.508 e. The zero-order valence-electron chi connectivity index (χ0n) is 15.9. The number of aliphatic hydroxyl groups excluding tert-OH is 2. The number of hydrogen-bond donors (Lipinski definition) is 4. The van der Waals surface area contributed by atoms with Crippen LogP contribution >= 0.6 is 0 Å². The molecule has 0 bridgehead atoms. The maximum Gasteiger partial charge on any atom is 0.126 e. The lowest BCUT2D eigenvalue weighted by molar-refractivity contribution is 0.181. The van der Waals surface area contributed by atoms with E-state index in [1.165, 1.54) is 0 Å². The molecule has 0 saturated heterocycles. The predicted octanol–water partition coefficient (Wildman–Crippen LogP) is 4.60. The topological polar surface area (TPSA) is 90.2 Å². The second-order valence-electron chi connectivity index (χ2n) is 4.30. The van der Waals surface area contributed by atoms with E-state index in [4.69, 9.17) is 20.1 Å². The molecule has 0 amide bonds. The Morgan fingerprint density at radius 3 is 1.62 bits per heavy atom. The Morgan fingerprint density at radius 2 is 1.19 bits per heavy atom. The molecule has 2 aromatic carbocycles. The van der Waals surface area contributed by atoms with Crippen molar-refractivity contribution in [1.82, 2.24) is 0 Å². The molecule has 0 atom stereocenters. The van der Waals surface area contributed by atoms with Crippen molar-refractivity contribution in [3.63, 3.8) is 0 Å². The molecule has 0 unspecified atom stereocenters. The summed E-state index contributed by atoms with van der Waals surface area (Å²) < 4.78 is 4.87. The van der Waals surface area contributed by atoms with Crippen LogP contribution in [0.1, 0.15) is 51.8 Å². The average Bonchev–Trinajstić information content (AvgIpc) is 2.68. The maximum atomic E-state index is 9.48. The number of aromatic hydroxyl groups is 2. The third-order valence-electron chi connectivity index (χ3n) is 2.84. The molecule has 5 nitrogen and oxygen atoms in total. The van der Waals surface area contributed by atoms with Crippen molar-refractivity contribution in [1.29, 1.82) is 0 Å². The summed E-state index contributed by atoms with van der Waals surface area (Å²) in [4.78, 5) is 0. The van der Waals surface area contributed by atoms with Gasteiger partial charge in [-0.25, -0.2) is 0 Å². The van der Waals surface area contributed by atoms with Crippen molar-refractivity contribution < 1.29 is 25.2 Å². The fourth-order valence-electron chi connectivity index (χ4n) is 1.69. The molecule has 0 spiro atoms. The van der Waals surface area contributed by atoms with Crippen LogP contribution < -0.4 is 0 Å². The van der Waals surface area contributed by atoms with Gasteiger partial charge < -0.3 is 25.2 Å². The van der Waals surface area contributed by atoms with E-state index >= 15 is 0 Å². The SMILES string of the molecule is C.CC.CC.COCc1cccc(CO)c1O.OCc1ccccc1O. The Kier molecular flexibility index (Phi) is 21.3. The quantitative estimate of drug-likeness (QED) is 0.633. The first kappa shape index (κ1) is 28.7. The lowest BCUT2D eigenvalue weighted by Gasteiger charge is -2.06. The van der Waals surface area contributed by atoms with E-state index < -0.39 is 0 Å². The number of benzene rings is 2. The summed E-state index contributed by atoms with van der Waals surface area (Å²) in [5, 5.41) is 35.8. The van der Waals surface area contributed by atoms with Gasteiger partial charge >= 0.3 is 0 Å². The molecule has 150 valence electrons. The van der Waals surface area contributed by atoms with Gasteiger partial charge in [-0.2, -0.15) is 0 Å². The Labute approximate surface area is 158 Å². The first-order valence-corrected chi connectivity index (χ1v) is 8.41. The van der Waals surface area contributed by atoms with Gasteiger partial charge in [-0.05, 0) is 6.07 Å². The van der Waals surface area contributed by atoms with Gasteiger partial charge in [0.1, 0.15) is 11.5 Å². The van der Waals surface area contributed by atoms with Crippen molar-refractivity contribution in [3.05, 3.63) is 59.2 Å². The van der Waals surface area contributed by atoms with Crippen molar-refractivity contribution in [3.8, 4) is 11.5 Å². The number of methoxy groups -OCH3 is 1. The number of aliphatic hydroxyl groups is 2. The minimum absolute atomic E-state index is 0. The molecule has 26 heavy (non-hydrogen) atoms. The van der Waals surface area contributed by atoms with E-state index in [9.17, 15) is 5.11 Å². The molecule has 0 aliphatic carbocycles. The summed E-state index contributed by atoms with van der Waals surface area (Å²) in [5.74, 6) is 0.279. The molecule has 2 aromatic rings. The van der Waals surface area contributed by atoms with E-state index in [1.54, 1.807) is 49.6 Å². The highest BCUT2D eigenvalue weighted by Gasteiger charge is 2.04. The van der Waals surface area contributed by atoms with Crippen LogP contribution in [0.2, 0.25) is 0 Å². The number of para-hydroxylation sites is 2. The standard InChI is InChI=1S/C9H12O3.C7H8O2.2C2H6.CH4/c1-12-6-8-4-2-3-7(5-10)9(8)11;8-5-6-3-1-2-4-7(6)9;2*1-2;/h2-4,10-11H,5-6H2,1H3;1-4,8-9H,5H2;2*1-2H3;1H4. The van der Waals surface area contributed by atoms with Crippen LogP contribution in [0.4, 0.5) is 0 Å². The van der Waals surface area contributed by atoms with Gasteiger partial charge in [0.05, 0.1) is 19.8 Å². The lowest BCUT2D eigenvalue weighted by atomic mass is 10.1. The van der Waals surface area contributed by atoms with Crippen LogP contribution in [0, 0.1) is 0 Å². The molecule has 0 aliphatic heterocycles. The van der Waals surface area contributed by atoms with Crippen molar-refractivity contribution in [2.45, 2.75) is 54.9 Å². The van der Waals surface area contributed by atoms with Crippen LogP contribution in [0.3, 0.4) is 0 Å². The van der Waals surface area contributed by atoms with Crippen LogP contribution in [-0.2, 0) is 24.6 Å². The minimum atomic E-state index is -0.149. The first-order chi connectivity index (χ1) is 12.1. The molecular weight excluding hydrogens is 332 g/mol. The number of ether oxygens (including phenoxy) is 1. The van der Waals surface area contributed by atoms with Gasteiger partial charge in [0, 0.05) is 23.8 Å². The van der Waals surface area contributed by atoms with Crippen LogP contribution in [0.25, 0.3) is 0 Å². The third kappa shape index (κ3) is 10.7. The van der Waals surface area contributed by atoms with Crippen molar-refractivity contribution in [2.24, 2.45) is 0 Å². The Balaban J connectivity index is -0.000000338. The summed E-state index contributed by atoms with van der Waals surface area (Å²) in [6.45, 7) is 8.11. The van der Waals surface area contributed by atoms with E-state index in [0.29, 0.717) is 23.3 Å². The molecule has 4 N–H and O–H groups in total. The highest BCUT2D eigenvalue weighted by Crippen LogP contribution is 2.22. The van der Waals surface area contributed by atoms with Gasteiger partial charge in [-0.3, -0.25) is 0 Å². The fourth-order valence-corrected chi connectivity index (χ4v) is 1.69. The van der Waals surface area contributed by atoms with Crippen LogP contribution in [0.5, 0.6) is 11.5 Å². The van der Waals surface area contributed by atoms with E-state index in [-0.39, 0.29) is 32.1 Å². The zero-order chi connectivity index (χ0) is 19.7. The van der Waals surface area contributed by atoms with E-state index in [0.717, 1.165) is 0 Å². The second-order valence-corrected chi connectivity index (χ2v) is 4.30. The van der Waals surface area contributed by atoms with Crippen LogP contribution in [-0.4, -0.2) is 27.5 Å². The van der Waals surface area contributed by atoms with Gasteiger partial charge in [0.15, 0.2) is 0 Å². The summed E-state index contributed by atoms with van der Waals surface area (Å²) >= 11 is 0. The van der Waals surface area contributed by atoms with Gasteiger partial charge in [0.25, 0.3) is 0 Å². The summed E-state index contributed by atoms with van der Waals surface area (Å²) in [6.07, 6.45) is 0. The van der Waals surface area contributed by atoms with Crippen LogP contribution in [0.15, 0.2) is 42.5 Å². The Bertz CT molecular complexity index is 556. The van der Waals surface area contributed by atoms with Gasteiger partial charge in [-0.1, -0.05) is 71.5 Å². The number of hydrogen-bond acceptors (Lipinski definition) is 5. The number of phenols is 2. The molecular formula is C21H36O5. The molecule has 2 rings (SSSR count). The summed E-state index contributed by atoms with van der Waals surface area (Å²) in [7, 11) is 1.56. The molecule has 0 aromatic heterocycles. The molecule has 5 heteroatoms. The molecule has 0 heterocycles. The van der Waals surface area contributed by atoms with Crippen molar-refractivity contribution >= 4 is 0 Å². The fraction of sp³-hybridized carbons (Fsp3) is 0.429. The van der Waals surface area contributed by atoms with E-state index in [1.807, 2.05) is 27.7 Å². The van der Waals surface area contributed by atoms with E-state index in [2.05, 4.69) is 0 Å². The maximum absolute atomic E-state index is 9.48. The second kappa shape index (κ2) is 19.2. The monoisotopic (exact) mass is 368 g/mol. The highest BCUT2D eigenvalue weighted by atomic mass is 16.5. The Morgan fingerprint density at radius 1 is 0.731 bits per heavy atom. The zero-order valence-corrected chi connectivity index (χ0v) is 15.9. The summed E-state index contributed by atoms with van der Waals surface area (Å²) in [5.41, 5.74) is 1.80. The Hall–Kier alpha value is -2.08. The first-order valence-electron chi connectivity index (χ1n) is 8.41. The molecule has 0 radical (unpaired) electrons. The van der Waals surface area contributed by atoms with Crippen molar-refractivity contribution in [2.75, 3.05) is 7.11 Å².